The van der Waals surface area contributed by atoms with Gasteiger partial charge in [0.05, 0.1) is 5.69 Å². The van der Waals surface area contributed by atoms with Gasteiger partial charge in [0, 0.05) is 17.8 Å². The van der Waals surface area contributed by atoms with E-state index in [2.05, 4.69) is 5.32 Å². The number of aromatic nitrogens is 1. The number of nitrogens with zero attached hydrogens (tertiary/aromatic N) is 2. The van der Waals surface area contributed by atoms with E-state index in [9.17, 15) is 9.59 Å². The van der Waals surface area contributed by atoms with Gasteiger partial charge in [-0.15, -0.1) is 0 Å². The number of nitrogens with one attached hydrogen (secondary N) is 1. The summed E-state index contributed by atoms with van der Waals surface area (Å²) < 4.78 is 1.86. The average Bonchev–Trinajstić information content (AvgIpc) is 2.69. The summed E-state index contributed by atoms with van der Waals surface area (Å²) in [5.74, 6) is -0.328. The van der Waals surface area contributed by atoms with Crippen LogP contribution in [0.4, 0.5) is 11.4 Å². The van der Waals surface area contributed by atoms with Gasteiger partial charge in [0.15, 0.2) is 6.20 Å². The van der Waals surface area contributed by atoms with Crippen molar-refractivity contribution in [3.05, 3.63) is 89.2 Å². The van der Waals surface area contributed by atoms with Gasteiger partial charge in [-0.25, -0.2) is 0 Å². The molecular weight excluding hydrogens is 362 g/mol. The largest absolute Gasteiger partial charge is 0.324 e. The molecule has 0 aliphatic carbocycles. The lowest BCUT2D eigenvalue weighted by molar-refractivity contribution is -0.695. The zero-order valence-electron chi connectivity index (χ0n) is 16.8. The Kier molecular flexibility index (Phi) is 4.89. The number of aryl methyl sites for hydroxylation is 3. The van der Waals surface area contributed by atoms with E-state index in [1.807, 2.05) is 92.2 Å². The minimum Gasteiger partial charge on any atom is -0.324 e. The number of pyridine rings is 1. The molecule has 0 bridgehead atoms. The molecule has 4 rings (SSSR count). The first-order valence-electron chi connectivity index (χ1n) is 9.70. The van der Waals surface area contributed by atoms with Crippen molar-refractivity contribution in [3.63, 3.8) is 0 Å². The van der Waals surface area contributed by atoms with E-state index in [1.165, 1.54) is 0 Å². The fourth-order valence-corrected chi connectivity index (χ4v) is 3.99. The Balaban J connectivity index is 1.84. The van der Waals surface area contributed by atoms with E-state index >= 15 is 0 Å². The lowest BCUT2D eigenvalue weighted by Crippen LogP contribution is -2.58. The van der Waals surface area contributed by atoms with Crippen LogP contribution >= 0.6 is 0 Å². The summed E-state index contributed by atoms with van der Waals surface area (Å²) in [5, 5.41) is 3.03. The van der Waals surface area contributed by atoms with Crippen LogP contribution in [-0.4, -0.2) is 11.8 Å². The quantitative estimate of drug-likeness (QED) is 0.699. The van der Waals surface area contributed by atoms with Crippen LogP contribution in [0.2, 0.25) is 0 Å². The summed E-state index contributed by atoms with van der Waals surface area (Å²) in [7, 11) is 0. The Hall–Kier alpha value is -3.47. The Morgan fingerprint density at radius 1 is 0.931 bits per heavy atom. The van der Waals surface area contributed by atoms with Crippen molar-refractivity contribution in [2.24, 2.45) is 0 Å². The van der Waals surface area contributed by atoms with Crippen molar-refractivity contribution < 1.29 is 14.2 Å². The van der Waals surface area contributed by atoms with E-state index in [0.29, 0.717) is 0 Å². The molecular formula is C24H24N3O2+. The fraction of sp³-hybridized carbons (Fsp3) is 0.208. The number of carbonyl (C=O) groups excluding carboxylic acids is 2. The number of benzene rings is 2. The lowest BCUT2D eigenvalue weighted by Gasteiger charge is -2.34. The number of hydrogen-bond acceptors (Lipinski definition) is 2. The first-order chi connectivity index (χ1) is 14.0. The second-order valence-corrected chi connectivity index (χ2v) is 7.46. The van der Waals surface area contributed by atoms with Gasteiger partial charge >= 0.3 is 0 Å². The topological polar surface area (TPSA) is 53.3 Å². The third-order valence-corrected chi connectivity index (χ3v) is 5.42. The van der Waals surface area contributed by atoms with E-state index in [0.717, 1.165) is 33.8 Å². The first-order valence-corrected chi connectivity index (χ1v) is 9.70. The fourth-order valence-electron chi connectivity index (χ4n) is 3.99. The Morgan fingerprint density at radius 3 is 2.31 bits per heavy atom. The molecule has 5 nitrogen and oxygen atoms in total. The van der Waals surface area contributed by atoms with Gasteiger partial charge in [0.2, 0.25) is 18.3 Å². The van der Waals surface area contributed by atoms with Crippen LogP contribution in [0, 0.1) is 20.8 Å². The summed E-state index contributed by atoms with van der Waals surface area (Å²) >= 11 is 0. The molecule has 1 N–H and O–H groups in total. The van der Waals surface area contributed by atoms with E-state index in [1.54, 1.807) is 4.90 Å². The number of fused-ring (bicyclic) bond motifs is 1. The molecule has 1 aliphatic heterocycles. The van der Waals surface area contributed by atoms with Crippen LogP contribution in [-0.2, 0) is 16.1 Å². The molecule has 29 heavy (non-hydrogen) atoms. The van der Waals surface area contributed by atoms with Gasteiger partial charge in [-0.2, -0.15) is 4.57 Å². The minimum absolute atomic E-state index is 0.101. The predicted molar refractivity (Wildman–Crippen MR) is 113 cm³/mol. The first kappa shape index (κ1) is 18.9. The number of amides is 2. The highest BCUT2D eigenvalue weighted by atomic mass is 16.2. The monoisotopic (exact) mass is 386 g/mol. The highest BCUT2D eigenvalue weighted by Gasteiger charge is 2.44. The third-order valence-electron chi connectivity index (χ3n) is 5.42. The summed E-state index contributed by atoms with van der Waals surface area (Å²) in [6.45, 7) is 6.10. The van der Waals surface area contributed by atoms with Gasteiger partial charge in [-0.05, 0) is 43.5 Å². The summed E-state index contributed by atoms with van der Waals surface area (Å²) in [5.41, 5.74) is 5.26. The van der Waals surface area contributed by atoms with Crippen LogP contribution in [0.1, 0.15) is 28.4 Å². The predicted octanol–water partition coefficient (Wildman–Crippen LogP) is 3.63. The lowest BCUT2D eigenvalue weighted by atomic mass is 10.0. The van der Waals surface area contributed by atoms with Crippen LogP contribution in [0.3, 0.4) is 0 Å². The number of carbonyl (C=O) groups is 2. The zero-order valence-corrected chi connectivity index (χ0v) is 16.8. The molecule has 2 heterocycles. The van der Waals surface area contributed by atoms with E-state index in [4.69, 9.17) is 0 Å². The SMILES string of the molecule is Cc1ccccc1NC(=O)[C@H]1c2cccc[n+]2CC(=O)N1c1c(C)cccc1C. The van der Waals surface area contributed by atoms with Crippen LogP contribution < -0.4 is 14.8 Å². The summed E-state index contributed by atoms with van der Waals surface area (Å²) in [4.78, 5) is 28.4. The summed E-state index contributed by atoms with van der Waals surface area (Å²) in [6, 6.07) is 18.5. The van der Waals surface area contributed by atoms with Crippen molar-refractivity contribution in [1.82, 2.24) is 0 Å². The molecule has 0 radical (unpaired) electrons. The van der Waals surface area contributed by atoms with Gasteiger partial charge < -0.3 is 5.32 Å². The van der Waals surface area contributed by atoms with Crippen molar-refractivity contribution in [2.75, 3.05) is 10.2 Å². The second kappa shape index (κ2) is 7.51. The smallest absolute Gasteiger partial charge is 0.294 e. The number of rotatable bonds is 3. The molecule has 0 unspecified atom stereocenters. The van der Waals surface area contributed by atoms with Crippen molar-refractivity contribution in [3.8, 4) is 0 Å². The molecule has 0 saturated heterocycles. The molecule has 1 atom stereocenters. The molecule has 0 spiro atoms. The minimum atomic E-state index is -0.753. The van der Waals surface area contributed by atoms with Crippen molar-refractivity contribution in [2.45, 2.75) is 33.4 Å². The zero-order chi connectivity index (χ0) is 20.5. The van der Waals surface area contributed by atoms with Gasteiger partial charge in [-0.1, -0.05) is 42.5 Å². The van der Waals surface area contributed by atoms with Gasteiger partial charge in [0.1, 0.15) is 0 Å². The Morgan fingerprint density at radius 2 is 1.59 bits per heavy atom. The Bertz CT molecular complexity index is 1090. The van der Waals surface area contributed by atoms with E-state index in [-0.39, 0.29) is 18.4 Å². The second-order valence-electron chi connectivity index (χ2n) is 7.46. The maximum Gasteiger partial charge on any atom is 0.294 e. The van der Waals surface area contributed by atoms with Crippen LogP contribution in [0.5, 0.6) is 0 Å². The molecule has 0 saturated carbocycles. The average molecular weight is 386 g/mol. The van der Waals surface area contributed by atoms with Gasteiger partial charge in [-0.3, -0.25) is 14.5 Å². The molecule has 1 aromatic heterocycles. The maximum atomic E-state index is 13.5. The van der Waals surface area contributed by atoms with Crippen LogP contribution in [0.15, 0.2) is 66.9 Å². The highest BCUT2D eigenvalue weighted by Crippen LogP contribution is 2.34. The van der Waals surface area contributed by atoms with E-state index < -0.39 is 6.04 Å². The molecule has 2 amide bonds. The molecule has 0 fully saturated rings. The number of hydrogen-bond donors (Lipinski definition) is 1. The standard InChI is InChI=1S/C24H23N3O2/c1-16-9-4-5-12-19(16)25-24(29)23-20-13-6-7-14-26(20)15-21(28)27(23)22-17(2)10-8-11-18(22)3/h4-14,23H,15H2,1-3H3/p+1/t23-/m1/s1. The molecule has 146 valence electrons. The number of anilines is 2. The van der Waals surface area contributed by atoms with Gasteiger partial charge in [0.25, 0.3) is 11.8 Å². The van der Waals surface area contributed by atoms with Crippen molar-refractivity contribution >= 4 is 23.2 Å². The summed E-state index contributed by atoms with van der Waals surface area (Å²) in [6.07, 6.45) is 1.85. The molecule has 1 aliphatic rings. The Labute approximate surface area is 170 Å². The molecule has 5 heteroatoms. The maximum absolute atomic E-state index is 13.5. The third kappa shape index (κ3) is 3.40. The molecule has 3 aromatic rings. The van der Waals surface area contributed by atoms with Crippen molar-refractivity contribution in [1.29, 1.82) is 0 Å². The van der Waals surface area contributed by atoms with Crippen LogP contribution in [0.25, 0.3) is 0 Å². The normalized spacial score (nSPS) is 15.8. The number of para-hydroxylation sites is 2. The highest BCUT2D eigenvalue weighted by molar-refractivity contribution is 6.06. The molecule has 2 aromatic carbocycles.